The minimum atomic E-state index is -0.750. The molecule has 12 nitrogen and oxygen atoms in total. The van der Waals surface area contributed by atoms with E-state index >= 15 is 0 Å². The summed E-state index contributed by atoms with van der Waals surface area (Å²) in [7, 11) is 0. The summed E-state index contributed by atoms with van der Waals surface area (Å²) in [5.74, 6) is 1.35. The van der Waals surface area contributed by atoms with Crippen molar-refractivity contribution in [2.24, 2.45) is 0 Å². The number of aromatic nitrogens is 8. The van der Waals surface area contributed by atoms with Crippen molar-refractivity contribution in [3.05, 3.63) is 100 Å². The van der Waals surface area contributed by atoms with Gasteiger partial charge in [-0.1, -0.05) is 26.5 Å². The Hall–Kier alpha value is -4.60. The maximum Gasteiger partial charge on any atom is 0.335 e. The van der Waals surface area contributed by atoms with Crippen LogP contribution >= 0.6 is 15.9 Å². The summed E-state index contributed by atoms with van der Waals surface area (Å²) in [5, 5.41) is 9.00. The summed E-state index contributed by atoms with van der Waals surface area (Å²) in [4.78, 5) is 18.1. The van der Waals surface area contributed by atoms with E-state index < -0.39 is 23.1 Å². The lowest BCUT2D eigenvalue weighted by molar-refractivity contribution is 0.628. The fourth-order valence-electron chi connectivity index (χ4n) is 4.23. The second-order valence-corrected chi connectivity index (χ2v) is 10.6. The summed E-state index contributed by atoms with van der Waals surface area (Å²) >= 11 is 1.95. The molecule has 0 amide bonds. The summed E-state index contributed by atoms with van der Waals surface area (Å²) in [5.41, 5.74) is 9.03. The third-order valence-electron chi connectivity index (χ3n) is 6.33. The van der Waals surface area contributed by atoms with E-state index in [1.165, 1.54) is 11.1 Å². The molecule has 6 rings (SSSR count). The van der Waals surface area contributed by atoms with Gasteiger partial charge in [-0.3, -0.25) is 9.97 Å². The molecule has 0 aliphatic heterocycles. The Labute approximate surface area is 275 Å². The first-order valence-electron chi connectivity index (χ1n) is 13.5. The Morgan fingerprint density at radius 3 is 1.64 bits per heavy atom. The average Bonchev–Trinajstić information content (AvgIpc) is 3.65. The van der Waals surface area contributed by atoms with E-state index in [9.17, 15) is 0 Å². The third-order valence-corrected chi connectivity index (χ3v) is 6.76. The first kappa shape index (κ1) is 34.9. The van der Waals surface area contributed by atoms with Crippen LogP contribution in [0.25, 0.3) is 40.4 Å². The molecule has 0 aliphatic rings. The molecule has 0 atom stereocenters. The molecular weight excluding hydrogens is 680 g/mol. The van der Waals surface area contributed by atoms with E-state index in [1.807, 2.05) is 50.5 Å². The van der Waals surface area contributed by atoms with Crippen LogP contribution in [0.3, 0.4) is 0 Å². The molecule has 0 radical (unpaired) electrons. The summed E-state index contributed by atoms with van der Waals surface area (Å²) in [6, 6.07) is 12.2. The topological polar surface area (TPSA) is 154 Å². The molecule has 0 aliphatic carbocycles. The van der Waals surface area contributed by atoms with Crippen LogP contribution in [0.1, 0.15) is 41.7 Å². The molecule has 6 heterocycles. The number of aryl methyl sites for hydroxylation is 4. The van der Waals surface area contributed by atoms with Gasteiger partial charge in [0.25, 0.3) is 0 Å². The zero-order chi connectivity index (χ0) is 32.9. The molecule has 0 N–H and O–H groups in total. The molecule has 6 aromatic heterocycles. The lowest BCUT2D eigenvalue weighted by Gasteiger charge is -2.04. The lowest BCUT2D eigenvalue weighted by Crippen LogP contribution is -1.95. The zero-order valence-corrected chi connectivity index (χ0v) is 28.1. The lowest BCUT2D eigenvalue weighted by atomic mass is 10.1. The fourth-order valence-corrected chi connectivity index (χ4v) is 4.61. The van der Waals surface area contributed by atoms with Crippen LogP contribution in [0.5, 0.6) is 0 Å². The van der Waals surface area contributed by atoms with Crippen molar-refractivity contribution in [2.45, 2.75) is 40.5 Å². The number of halogens is 1. The summed E-state index contributed by atoms with van der Waals surface area (Å²) < 4.78 is 37.7. The zero-order valence-electron chi connectivity index (χ0n) is 24.9. The van der Waals surface area contributed by atoms with E-state index in [0.717, 1.165) is 56.7 Å². The highest BCUT2D eigenvalue weighted by molar-refractivity contribution is 9.10. The first-order valence-corrected chi connectivity index (χ1v) is 15.6. The summed E-state index contributed by atoms with van der Waals surface area (Å²) in [6.45, 7) is 12.1. The molecule has 0 saturated carbocycles. The van der Waals surface area contributed by atoms with Gasteiger partial charge < -0.3 is 0 Å². The Kier molecular flexibility index (Phi) is 13.2. The number of fused-ring (bicyclic) bond motifs is 2. The monoisotopic (exact) mass is 708 g/mol. The predicted octanol–water partition coefficient (Wildman–Crippen LogP) is 5.39. The predicted molar refractivity (Wildman–Crippen MR) is 176 cm³/mol. The Morgan fingerprint density at radius 2 is 1.20 bits per heavy atom. The van der Waals surface area contributed by atoms with Crippen molar-refractivity contribution in [1.29, 1.82) is 0 Å². The average molecular weight is 710 g/mol. The van der Waals surface area contributed by atoms with Crippen molar-refractivity contribution in [1.82, 2.24) is 39.2 Å². The van der Waals surface area contributed by atoms with Crippen molar-refractivity contribution >= 4 is 56.4 Å². The van der Waals surface area contributed by atoms with Gasteiger partial charge in [-0.05, 0) is 107 Å². The van der Waals surface area contributed by atoms with Gasteiger partial charge in [0.15, 0.2) is 11.3 Å². The van der Waals surface area contributed by atoms with Crippen molar-refractivity contribution < 1.29 is 16.8 Å². The van der Waals surface area contributed by atoms with Crippen LogP contribution in [-0.2, 0) is 36.0 Å². The third kappa shape index (κ3) is 9.20. The molecule has 0 bridgehead atoms. The second-order valence-electron chi connectivity index (χ2n) is 9.37. The highest BCUT2D eigenvalue weighted by Crippen LogP contribution is 2.23. The highest BCUT2D eigenvalue weighted by Gasteiger charge is 2.13. The normalized spacial score (nSPS) is 10.1. The van der Waals surface area contributed by atoms with Crippen LogP contribution in [-0.4, -0.2) is 56.0 Å². The number of rotatable bonds is 5. The van der Waals surface area contributed by atoms with Gasteiger partial charge >= 0.3 is 23.1 Å². The minimum Gasteiger partial charge on any atom is -0.252 e. The van der Waals surface area contributed by atoms with Crippen LogP contribution in [0, 0.1) is 13.8 Å². The van der Waals surface area contributed by atoms with E-state index in [-0.39, 0.29) is 0 Å². The molecule has 0 fully saturated rings. The maximum atomic E-state index is 8.29. The Balaban J connectivity index is 0.000000209. The minimum absolute atomic E-state index is 0.670. The van der Waals surface area contributed by atoms with Gasteiger partial charge in [-0.15, -0.1) is 10.2 Å². The largest absolute Gasteiger partial charge is 0.335 e. The Morgan fingerprint density at radius 1 is 0.756 bits per heavy atom. The first-order chi connectivity index (χ1) is 21.7. The van der Waals surface area contributed by atoms with Gasteiger partial charge in [0.05, 0.1) is 0 Å². The number of pyridine rings is 4. The fraction of sp³-hybridized carbons (Fsp3) is 0.200. The quantitative estimate of drug-likeness (QED) is 0.228. The van der Waals surface area contributed by atoms with Gasteiger partial charge in [0, 0.05) is 29.3 Å². The molecular formula is C30H29BrN8O4S2. The van der Waals surface area contributed by atoms with Crippen LogP contribution in [0.15, 0.2) is 72.2 Å². The molecule has 0 saturated heterocycles. The molecule has 6 aromatic rings. The number of hydrogen-bond donors (Lipinski definition) is 0. The maximum absolute atomic E-state index is 8.29. The number of nitrogens with zero attached hydrogens (tertiary/aromatic N) is 8. The van der Waals surface area contributed by atoms with Gasteiger partial charge in [0.2, 0.25) is 11.6 Å². The molecule has 0 spiro atoms. The van der Waals surface area contributed by atoms with Crippen LogP contribution in [0.2, 0.25) is 0 Å². The van der Waals surface area contributed by atoms with E-state index in [0.29, 0.717) is 11.6 Å². The van der Waals surface area contributed by atoms with Gasteiger partial charge in [0.1, 0.15) is 11.4 Å². The van der Waals surface area contributed by atoms with E-state index in [4.69, 9.17) is 16.8 Å². The number of hydrogen-bond acceptors (Lipinski definition) is 10. The van der Waals surface area contributed by atoms with Crippen molar-refractivity contribution in [2.75, 3.05) is 0 Å². The molecule has 0 aromatic carbocycles. The highest BCUT2D eigenvalue weighted by atomic mass is 79.9. The molecule has 45 heavy (non-hydrogen) atoms. The Bertz CT molecular complexity index is 2000. The van der Waals surface area contributed by atoms with Gasteiger partial charge in [-0.25, -0.2) is 19.0 Å². The molecule has 15 heteroatoms. The molecule has 0 unspecified atom stereocenters. The second kappa shape index (κ2) is 17.0. The van der Waals surface area contributed by atoms with Crippen molar-refractivity contribution in [3.8, 4) is 23.0 Å². The molecule has 232 valence electrons. The van der Waals surface area contributed by atoms with Gasteiger partial charge in [-0.2, -0.15) is 16.8 Å². The smallest absolute Gasteiger partial charge is 0.252 e. The SMILES string of the molecule is C=Cc1cnc(-c2nc3cc(C)ccn3n2)c(CC)c1.CCc1cc(Br)cnc1-c1nc2cc(C)ccn2n1.O=S=O.O=S=O. The van der Waals surface area contributed by atoms with E-state index in [2.05, 4.69) is 78.6 Å². The standard InChI is InChI=1S/C16H16N4.C14H13BrN4.2O2S/c1-4-12-9-13(5-2)15(17-10-12)16-18-14-8-11(3)6-7-20(14)19-16;1-3-10-7-11(15)8-16-13(10)14-17-12-6-9(2)4-5-19(12)18-14;2*1-3-2/h4,6-10H,1,5H2,2-3H3;4-8H,3H2,1-2H3;;. The van der Waals surface area contributed by atoms with Crippen LogP contribution < -0.4 is 0 Å². The van der Waals surface area contributed by atoms with Crippen LogP contribution in [0.4, 0.5) is 0 Å². The van der Waals surface area contributed by atoms with E-state index in [1.54, 1.807) is 27.5 Å². The summed E-state index contributed by atoms with van der Waals surface area (Å²) in [6.07, 6.45) is 11.0. The van der Waals surface area contributed by atoms with Crippen molar-refractivity contribution in [3.63, 3.8) is 0 Å².